The van der Waals surface area contributed by atoms with Crippen LogP contribution in [0.3, 0.4) is 0 Å². The second kappa shape index (κ2) is 6.77. The molecule has 0 heterocycles. The van der Waals surface area contributed by atoms with E-state index in [0.29, 0.717) is 18.4 Å². The first-order valence-corrected chi connectivity index (χ1v) is 10.6. The third-order valence-corrected chi connectivity index (χ3v) is 7.93. The van der Waals surface area contributed by atoms with Gasteiger partial charge < -0.3 is 11.1 Å². The quantitative estimate of drug-likeness (QED) is 0.797. The van der Waals surface area contributed by atoms with Crippen molar-refractivity contribution in [1.29, 1.82) is 0 Å². The lowest BCUT2D eigenvalue weighted by molar-refractivity contribution is -0.149. The fourth-order valence-electron chi connectivity index (χ4n) is 6.86. The van der Waals surface area contributed by atoms with Crippen molar-refractivity contribution in [2.45, 2.75) is 69.7 Å². The van der Waals surface area contributed by atoms with Crippen LogP contribution in [0.15, 0.2) is 24.3 Å². The van der Waals surface area contributed by atoms with E-state index in [4.69, 9.17) is 5.73 Å². The molecule has 0 spiro atoms. The van der Waals surface area contributed by atoms with E-state index < -0.39 is 0 Å². The zero-order valence-corrected chi connectivity index (χ0v) is 17.2. The summed E-state index contributed by atoms with van der Waals surface area (Å²) in [6.07, 6.45) is 9.62. The van der Waals surface area contributed by atoms with E-state index in [1.165, 1.54) is 43.2 Å². The summed E-state index contributed by atoms with van der Waals surface area (Å²) in [6.45, 7) is 2.82. The van der Waals surface area contributed by atoms with E-state index in [1.54, 1.807) is 0 Å². The molecule has 4 heteroatoms. The molecular formula is C23H33ClN2O. The molecular weight excluding hydrogens is 356 g/mol. The van der Waals surface area contributed by atoms with Crippen molar-refractivity contribution in [2.24, 2.45) is 28.9 Å². The lowest BCUT2D eigenvalue weighted by Crippen LogP contribution is -2.59. The first kappa shape index (κ1) is 19.3. The number of rotatable bonds is 5. The Morgan fingerprint density at radius 3 is 2.37 bits per heavy atom. The summed E-state index contributed by atoms with van der Waals surface area (Å²) in [5.41, 5.74) is 9.12. The first-order chi connectivity index (χ1) is 12.5. The van der Waals surface area contributed by atoms with Gasteiger partial charge in [-0.25, -0.2) is 0 Å². The fraction of sp³-hybridized carbons (Fsp3) is 0.696. The van der Waals surface area contributed by atoms with Crippen LogP contribution in [-0.2, 0) is 10.2 Å². The third kappa shape index (κ3) is 3.31. The van der Waals surface area contributed by atoms with Gasteiger partial charge in [0.2, 0.25) is 5.91 Å². The SMILES string of the molecule is Cc1ccc(C23CC4CC(CC(C(=O)NCC(N)C5CC5)(C4)C2)C3)cc1.Cl. The summed E-state index contributed by atoms with van der Waals surface area (Å²) in [7, 11) is 0. The molecule has 1 amide bonds. The van der Waals surface area contributed by atoms with Gasteiger partial charge in [-0.15, -0.1) is 12.4 Å². The molecule has 27 heavy (non-hydrogen) atoms. The number of aryl methyl sites for hydroxylation is 1. The van der Waals surface area contributed by atoms with Gasteiger partial charge in [0.15, 0.2) is 0 Å². The number of carbonyl (C=O) groups is 1. The summed E-state index contributed by atoms with van der Waals surface area (Å²) in [5.74, 6) is 2.39. The van der Waals surface area contributed by atoms with Crippen LogP contribution in [0.25, 0.3) is 0 Å². The molecule has 3 N–H and O–H groups in total. The molecule has 0 radical (unpaired) electrons. The van der Waals surface area contributed by atoms with Gasteiger partial charge in [-0.2, -0.15) is 0 Å². The fourth-order valence-corrected chi connectivity index (χ4v) is 6.86. The largest absolute Gasteiger partial charge is 0.354 e. The van der Waals surface area contributed by atoms with E-state index in [9.17, 15) is 4.79 Å². The number of carbonyl (C=O) groups excluding carboxylic acids is 1. The highest BCUT2D eigenvalue weighted by molar-refractivity contribution is 5.85. The minimum atomic E-state index is -0.141. The van der Waals surface area contributed by atoms with Crippen molar-refractivity contribution in [2.75, 3.05) is 6.54 Å². The second-order valence-electron chi connectivity index (χ2n) is 10.1. The summed E-state index contributed by atoms with van der Waals surface area (Å²) in [6, 6.07) is 9.30. The van der Waals surface area contributed by atoms with Gasteiger partial charge in [0.05, 0.1) is 5.41 Å². The van der Waals surface area contributed by atoms with Crippen molar-refractivity contribution in [3.05, 3.63) is 35.4 Å². The predicted molar refractivity (Wildman–Crippen MR) is 111 cm³/mol. The maximum absolute atomic E-state index is 13.3. The molecule has 6 rings (SSSR count). The molecule has 5 aliphatic rings. The van der Waals surface area contributed by atoms with Gasteiger partial charge in [0.1, 0.15) is 0 Å². The maximum atomic E-state index is 13.3. The number of hydrogen-bond acceptors (Lipinski definition) is 2. The summed E-state index contributed by atoms with van der Waals surface area (Å²) < 4.78 is 0. The molecule has 1 aromatic rings. The Hall–Kier alpha value is -1.06. The van der Waals surface area contributed by atoms with Crippen LogP contribution < -0.4 is 11.1 Å². The molecule has 3 unspecified atom stereocenters. The van der Waals surface area contributed by atoms with Crippen molar-refractivity contribution < 1.29 is 4.79 Å². The van der Waals surface area contributed by atoms with Gasteiger partial charge in [-0.3, -0.25) is 4.79 Å². The standard InChI is InChI=1S/C23H32N2O.ClH/c1-15-2-6-19(7-3-15)22-9-16-8-17(10-22)12-23(11-16,14-22)21(26)25-13-20(24)18-4-5-18;/h2-3,6-7,16-18,20H,4-5,8-14,24H2,1H3,(H,25,26);1H. The molecule has 3 nitrogen and oxygen atoms in total. The smallest absolute Gasteiger partial charge is 0.226 e. The maximum Gasteiger partial charge on any atom is 0.226 e. The monoisotopic (exact) mass is 388 g/mol. The first-order valence-electron chi connectivity index (χ1n) is 10.6. The number of benzene rings is 1. The highest BCUT2D eigenvalue weighted by atomic mass is 35.5. The number of hydrogen-bond donors (Lipinski definition) is 2. The topological polar surface area (TPSA) is 55.1 Å². The Morgan fingerprint density at radius 1 is 1.15 bits per heavy atom. The number of nitrogens with one attached hydrogen (secondary N) is 1. The van der Waals surface area contributed by atoms with Crippen LogP contribution in [0.2, 0.25) is 0 Å². The Kier molecular flexibility index (Phi) is 4.83. The van der Waals surface area contributed by atoms with Crippen LogP contribution in [0, 0.1) is 30.1 Å². The Labute approximate surface area is 169 Å². The zero-order valence-electron chi connectivity index (χ0n) is 16.4. The van der Waals surface area contributed by atoms with E-state index in [2.05, 4.69) is 36.5 Å². The van der Waals surface area contributed by atoms with Gasteiger partial charge in [-0.05, 0) is 87.0 Å². The summed E-state index contributed by atoms with van der Waals surface area (Å²) in [5, 5.41) is 3.27. The summed E-state index contributed by atoms with van der Waals surface area (Å²) >= 11 is 0. The highest BCUT2D eigenvalue weighted by Crippen LogP contribution is 2.65. The lowest BCUT2D eigenvalue weighted by atomic mass is 9.42. The van der Waals surface area contributed by atoms with Crippen LogP contribution >= 0.6 is 12.4 Å². The molecule has 3 atom stereocenters. The molecule has 5 saturated carbocycles. The normalized spacial score (nSPS) is 37.6. The van der Waals surface area contributed by atoms with Gasteiger partial charge in [0.25, 0.3) is 0 Å². The van der Waals surface area contributed by atoms with Gasteiger partial charge in [-0.1, -0.05) is 29.8 Å². The predicted octanol–water partition coefficient (Wildman–Crippen LogP) is 4.11. The van der Waals surface area contributed by atoms with E-state index in [-0.39, 0.29) is 29.3 Å². The number of nitrogens with two attached hydrogens (primary N) is 1. The van der Waals surface area contributed by atoms with Crippen molar-refractivity contribution in [1.82, 2.24) is 5.32 Å². The van der Waals surface area contributed by atoms with Crippen LogP contribution in [0.1, 0.15) is 62.5 Å². The Balaban J connectivity index is 0.00000180. The highest BCUT2D eigenvalue weighted by Gasteiger charge is 2.60. The van der Waals surface area contributed by atoms with Crippen molar-refractivity contribution in [3.8, 4) is 0 Å². The van der Waals surface area contributed by atoms with Crippen molar-refractivity contribution >= 4 is 18.3 Å². The molecule has 0 aromatic heterocycles. The van der Waals surface area contributed by atoms with Crippen LogP contribution in [-0.4, -0.2) is 18.5 Å². The average molecular weight is 389 g/mol. The van der Waals surface area contributed by atoms with Crippen LogP contribution in [0.4, 0.5) is 0 Å². The molecule has 5 aliphatic carbocycles. The number of halogens is 1. The minimum Gasteiger partial charge on any atom is -0.354 e. The van der Waals surface area contributed by atoms with Gasteiger partial charge in [0, 0.05) is 12.6 Å². The van der Waals surface area contributed by atoms with E-state index in [0.717, 1.165) is 31.1 Å². The van der Waals surface area contributed by atoms with Crippen LogP contribution in [0.5, 0.6) is 0 Å². The third-order valence-electron chi connectivity index (χ3n) is 7.93. The lowest BCUT2D eigenvalue weighted by Gasteiger charge is -2.61. The Bertz CT molecular complexity index is 698. The molecule has 4 bridgehead atoms. The number of amides is 1. The van der Waals surface area contributed by atoms with Gasteiger partial charge >= 0.3 is 0 Å². The average Bonchev–Trinajstić information content (AvgIpc) is 3.44. The molecule has 0 saturated heterocycles. The molecule has 148 valence electrons. The van der Waals surface area contributed by atoms with Crippen molar-refractivity contribution in [3.63, 3.8) is 0 Å². The van der Waals surface area contributed by atoms with E-state index in [1.807, 2.05) is 0 Å². The second-order valence-corrected chi connectivity index (χ2v) is 10.1. The molecule has 0 aliphatic heterocycles. The molecule has 5 fully saturated rings. The molecule has 1 aromatic carbocycles. The summed E-state index contributed by atoms with van der Waals surface area (Å²) in [4.78, 5) is 13.3. The zero-order chi connectivity index (χ0) is 17.9. The van der Waals surface area contributed by atoms with E-state index >= 15 is 0 Å². The Morgan fingerprint density at radius 2 is 1.78 bits per heavy atom. The minimum absolute atomic E-state index is 0.